The molecule has 1 unspecified atom stereocenters. The topological polar surface area (TPSA) is 118 Å². The molecule has 0 saturated carbocycles. The van der Waals surface area contributed by atoms with Crippen molar-refractivity contribution in [1.82, 2.24) is 14.8 Å². The highest BCUT2D eigenvalue weighted by Crippen LogP contribution is 2.36. The van der Waals surface area contributed by atoms with E-state index in [-0.39, 0.29) is 18.1 Å². The number of likely N-dealkylation sites (tertiary alicyclic amines) is 2. The highest BCUT2D eigenvalue weighted by molar-refractivity contribution is 6.39. The van der Waals surface area contributed by atoms with Crippen molar-refractivity contribution in [3.8, 4) is 0 Å². The van der Waals surface area contributed by atoms with Crippen LogP contribution in [0.3, 0.4) is 0 Å². The smallest absolute Gasteiger partial charge is 0.410 e. The van der Waals surface area contributed by atoms with Gasteiger partial charge in [-0.05, 0) is 81.5 Å². The van der Waals surface area contributed by atoms with Crippen LogP contribution in [0.2, 0.25) is 0 Å². The van der Waals surface area contributed by atoms with E-state index in [1.165, 1.54) is 6.20 Å². The Hall–Kier alpha value is -3.62. The molecule has 0 bridgehead atoms. The fourth-order valence-electron chi connectivity index (χ4n) is 5.67. The van der Waals surface area contributed by atoms with Crippen LogP contribution >= 0.6 is 0 Å². The number of anilines is 2. The van der Waals surface area contributed by atoms with Gasteiger partial charge < -0.3 is 25.6 Å². The Bertz CT molecular complexity index is 1240. The van der Waals surface area contributed by atoms with E-state index in [4.69, 9.17) is 10.5 Å². The fraction of sp³-hybridized carbons (Fsp3) is 0.548. The van der Waals surface area contributed by atoms with Gasteiger partial charge in [-0.15, -0.1) is 0 Å². The SMILES string of the molecule is CCc1cc(NC(=O)C(=O)N2C[C@@H](C)CC[C@@H]2c2cccc(C3CCCN(C(=O)OC(C)(C)C)C3)c2)cnc1N. The van der Waals surface area contributed by atoms with Gasteiger partial charge in [-0.2, -0.15) is 0 Å². The molecule has 2 saturated heterocycles. The molecule has 40 heavy (non-hydrogen) atoms. The van der Waals surface area contributed by atoms with E-state index in [1.807, 2.05) is 39.8 Å². The maximum Gasteiger partial charge on any atom is 0.410 e. The molecule has 4 rings (SSSR count). The van der Waals surface area contributed by atoms with Crippen molar-refractivity contribution in [2.45, 2.75) is 84.3 Å². The number of carbonyl (C=O) groups excluding carboxylic acids is 3. The van der Waals surface area contributed by atoms with Gasteiger partial charge in [-0.3, -0.25) is 9.59 Å². The van der Waals surface area contributed by atoms with Gasteiger partial charge in [-0.25, -0.2) is 9.78 Å². The van der Waals surface area contributed by atoms with Crippen LogP contribution in [0.25, 0.3) is 0 Å². The first kappa shape index (κ1) is 29.4. The average Bonchev–Trinajstić information content (AvgIpc) is 2.92. The summed E-state index contributed by atoms with van der Waals surface area (Å²) < 4.78 is 5.61. The number of pyridine rings is 1. The first-order valence-corrected chi connectivity index (χ1v) is 14.4. The summed E-state index contributed by atoms with van der Waals surface area (Å²) in [5, 5.41) is 2.72. The average molecular weight is 550 g/mol. The largest absolute Gasteiger partial charge is 0.444 e. The van der Waals surface area contributed by atoms with Crippen molar-refractivity contribution in [3.63, 3.8) is 0 Å². The molecule has 3 heterocycles. The summed E-state index contributed by atoms with van der Waals surface area (Å²) in [7, 11) is 0. The van der Waals surface area contributed by atoms with Gasteiger partial charge in [0, 0.05) is 25.6 Å². The molecule has 2 aliphatic heterocycles. The summed E-state index contributed by atoms with van der Waals surface area (Å²) >= 11 is 0. The number of aromatic nitrogens is 1. The zero-order valence-electron chi connectivity index (χ0n) is 24.4. The number of nitrogens with two attached hydrogens (primary N) is 1. The molecule has 3 N–H and O–H groups in total. The summed E-state index contributed by atoms with van der Waals surface area (Å²) in [5.74, 6) is -0.331. The van der Waals surface area contributed by atoms with E-state index < -0.39 is 17.4 Å². The van der Waals surface area contributed by atoms with Crippen LogP contribution in [0, 0.1) is 5.92 Å². The lowest BCUT2D eigenvalue weighted by Gasteiger charge is -2.39. The summed E-state index contributed by atoms with van der Waals surface area (Å²) in [4.78, 5) is 46.9. The standard InChI is InChI=1S/C31H43N5O4/c1-6-21-16-25(17-33-27(21)32)34-28(37)29(38)36-18-20(2)12-13-26(36)23-10-7-9-22(15-23)24-11-8-14-35(19-24)30(39)40-31(3,4)5/h7,9-10,15-17,20,24,26H,6,8,11-14,18-19H2,1-5H3,(H2,32,33)(H,34,37)/t20-,24?,26+/m0/s1. The van der Waals surface area contributed by atoms with Crippen molar-refractivity contribution in [3.05, 3.63) is 53.2 Å². The Morgan fingerprint density at radius 3 is 2.58 bits per heavy atom. The lowest BCUT2D eigenvalue weighted by atomic mass is 9.86. The van der Waals surface area contributed by atoms with Crippen molar-refractivity contribution in [2.24, 2.45) is 5.92 Å². The number of ether oxygens (including phenoxy) is 1. The molecule has 3 amide bonds. The molecular formula is C31H43N5O4. The maximum atomic E-state index is 13.5. The number of rotatable bonds is 4. The van der Waals surface area contributed by atoms with Gasteiger partial charge in [-0.1, -0.05) is 38.1 Å². The van der Waals surface area contributed by atoms with Crippen LogP contribution in [0.5, 0.6) is 0 Å². The Morgan fingerprint density at radius 1 is 1.10 bits per heavy atom. The van der Waals surface area contributed by atoms with Crippen molar-refractivity contribution < 1.29 is 19.1 Å². The molecule has 1 aromatic carbocycles. The molecule has 9 heteroatoms. The Morgan fingerprint density at radius 2 is 1.85 bits per heavy atom. The predicted octanol–water partition coefficient (Wildman–Crippen LogP) is 5.28. The first-order chi connectivity index (χ1) is 18.9. The fourth-order valence-corrected chi connectivity index (χ4v) is 5.67. The monoisotopic (exact) mass is 549 g/mol. The van der Waals surface area contributed by atoms with E-state index in [9.17, 15) is 14.4 Å². The molecule has 1 aromatic heterocycles. The van der Waals surface area contributed by atoms with Crippen molar-refractivity contribution in [1.29, 1.82) is 0 Å². The van der Waals surface area contributed by atoms with Crippen molar-refractivity contribution >= 4 is 29.4 Å². The molecule has 0 radical (unpaired) electrons. The zero-order valence-corrected chi connectivity index (χ0v) is 24.4. The zero-order chi connectivity index (χ0) is 29.0. The number of piperidine rings is 2. The lowest BCUT2D eigenvalue weighted by Crippen LogP contribution is -2.46. The van der Waals surface area contributed by atoms with Crippen LogP contribution < -0.4 is 11.1 Å². The van der Waals surface area contributed by atoms with Crippen molar-refractivity contribution in [2.75, 3.05) is 30.7 Å². The molecule has 2 aliphatic rings. The van der Waals surface area contributed by atoms with Crippen LogP contribution in [-0.2, 0) is 20.7 Å². The highest BCUT2D eigenvalue weighted by atomic mass is 16.6. The van der Waals surface area contributed by atoms with E-state index in [0.29, 0.717) is 43.5 Å². The molecule has 9 nitrogen and oxygen atoms in total. The number of benzene rings is 1. The number of nitrogen functional groups attached to an aromatic ring is 1. The molecule has 0 spiro atoms. The number of carbonyl (C=O) groups is 3. The van der Waals surface area contributed by atoms with Crippen LogP contribution in [-0.4, -0.2) is 57.9 Å². The summed E-state index contributed by atoms with van der Waals surface area (Å²) in [6, 6.07) is 9.86. The van der Waals surface area contributed by atoms with Crippen LogP contribution in [0.1, 0.15) is 89.0 Å². The second-order valence-electron chi connectivity index (χ2n) is 12.2. The Kier molecular flexibility index (Phi) is 9.01. The molecule has 2 aromatic rings. The second-order valence-corrected chi connectivity index (χ2v) is 12.2. The van der Waals surface area contributed by atoms with E-state index in [2.05, 4.69) is 29.4 Å². The van der Waals surface area contributed by atoms with Crippen LogP contribution in [0.4, 0.5) is 16.3 Å². The predicted molar refractivity (Wildman–Crippen MR) is 156 cm³/mol. The summed E-state index contributed by atoms with van der Waals surface area (Å²) in [6.45, 7) is 11.5. The van der Waals surface area contributed by atoms with E-state index in [0.717, 1.165) is 42.4 Å². The summed E-state index contributed by atoms with van der Waals surface area (Å²) in [5.41, 5.74) is 8.79. The molecule has 2 fully saturated rings. The van der Waals surface area contributed by atoms with Gasteiger partial charge in [0.2, 0.25) is 0 Å². The third-order valence-electron chi connectivity index (χ3n) is 7.75. The second kappa shape index (κ2) is 12.3. The number of aryl methyl sites for hydroxylation is 1. The first-order valence-electron chi connectivity index (χ1n) is 14.4. The Labute approximate surface area is 237 Å². The summed E-state index contributed by atoms with van der Waals surface area (Å²) in [6.07, 6.45) is 5.50. The molecular weight excluding hydrogens is 506 g/mol. The minimum absolute atomic E-state index is 0.182. The third kappa shape index (κ3) is 7.11. The van der Waals surface area contributed by atoms with E-state index >= 15 is 0 Å². The normalized spacial score (nSPS) is 21.6. The third-order valence-corrected chi connectivity index (χ3v) is 7.75. The highest BCUT2D eigenvalue weighted by Gasteiger charge is 2.35. The van der Waals surface area contributed by atoms with Crippen LogP contribution in [0.15, 0.2) is 36.5 Å². The minimum atomic E-state index is -0.677. The Balaban J connectivity index is 1.50. The van der Waals surface area contributed by atoms with Gasteiger partial charge >= 0.3 is 17.9 Å². The van der Waals surface area contributed by atoms with Gasteiger partial charge in [0.05, 0.1) is 17.9 Å². The molecule has 0 aliphatic carbocycles. The lowest BCUT2D eigenvalue weighted by molar-refractivity contribution is -0.146. The number of nitrogens with one attached hydrogen (secondary N) is 1. The van der Waals surface area contributed by atoms with Gasteiger partial charge in [0.25, 0.3) is 0 Å². The number of nitrogens with zero attached hydrogens (tertiary/aromatic N) is 3. The quantitative estimate of drug-likeness (QED) is 0.501. The van der Waals surface area contributed by atoms with E-state index in [1.54, 1.807) is 15.9 Å². The maximum absolute atomic E-state index is 13.5. The van der Waals surface area contributed by atoms with Gasteiger partial charge in [0.1, 0.15) is 11.4 Å². The number of amides is 3. The number of hydrogen-bond donors (Lipinski definition) is 2. The number of hydrogen-bond acceptors (Lipinski definition) is 6. The minimum Gasteiger partial charge on any atom is -0.444 e. The molecule has 3 atom stereocenters. The van der Waals surface area contributed by atoms with Gasteiger partial charge in [0.15, 0.2) is 0 Å². The molecule has 216 valence electrons.